The van der Waals surface area contributed by atoms with E-state index in [1.165, 1.54) is 0 Å². The van der Waals surface area contributed by atoms with E-state index < -0.39 is 0 Å². The molecule has 0 unspecified atom stereocenters. The smallest absolute Gasteiger partial charge is 0.137 e. The average Bonchev–Trinajstić information content (AvgIpc) is 2.67. The van der Waals surface area contributed by atoms with Crippen LogP contribution in [0.2, 0.25) is 0 Å². The summed E-state index contributed by atoms with van der Waals surface area (Å²) in [5.41, 5.74) is 2.01. The van der Waals surface area contributed by atoms with Gasteiger partial charge < -0.3 is 15.5 Å². The molecule has 134 valence electrons. The monoisotopic (exact) mass is 348 g/mol. The van der Waals surface area contributed by atoms with Crippen molar-refractivity contribution in [3.8, 4) is 11.3 Å². The van der Waals surface area contributed by atoms with Crippen molar-refractivity contribution in [1.82, 2.24) is 20.3 Å². The molecule has 0 amide bonds. The van der Waals surface area contributed by atoms with E-state index in [0.717, 1.165) is 59.8 Å². The molecule has 6 nitrogen and oxygen atoms in total. The van der Waals surface area contributed by atoms with Gasteiger partial charge in [0.1, 0.15) is 11.6 Å². The molecule has 1 aliphatic heterocycles. The predicted octanol–water partition coefficient (Wildman–Crippen LogP) is 2.92. The molecule has 0 aliphatic carbocycles. The molecule has 0 spiro atoms. The first-order valence-corrected chi connectivity index (χ1v) is 9.14. The normalized spacial score (nSPS) is 14.8. The van der Waals surface area contributed by atoms with Crippen LogP contribution in [0.15, 0.2) is 42.9 Å². The lowest BCUT2D eigenvalue weighted by Crippen LogP contribution is -2.44. The Balaban J connectivity index is 1.80. The number of fused-ring (bicyclic) bond motifs is 1. The maximum absolute atomic E-state index is 5.03. The van der Waals surface area contributed by atoms with Crippen LogP contribution in [0.1, 0.15) is 13.8 Å². The summed E-state index contributed by atoms with van der Waals surface area (Å²) in [6, 6.07) is 8.58. The zero-order valence-electron chi connectivity index (χ0n) is 15.2. The largest absolute Gasteiger partial charge is 0.368 e. The van der Waals surface area contributed by atoms with E-state index in [-0.39, 0.29) is 0 Å². The summed E-state index contributed by atoms with van der Waals surface area (Å²) in [6.45, 7) is 8.11. The Morgan fingerprint density at radius 2 is 1.96 bits per heavy atom. The van der Waals surface area contributed by atoms with Crippen LogP contribution in [-0.2, 0) is 0 Å². The summed E-state index contributed by atoms with van der Waals surface area (Å²) in [5.74, 6) is 1.91. The third-order valence-corrected chi connectivity index (χ3v) is 4.52. The number of hydrogen-bond acceptors (Lipinski definition) is 6. The van der Waals surface area contributed by atoms with Crippen LogP contribution in [0.5, 0.6) is 0 Å². The summed E-state index contributed by atoms with van der Waals surface area (Å²) >= 11 is 0. The van der Waals surface area contributed by atoms with E-state index in [1.807, 2.05) is 24.7 Å². The van der Waals surface area contributed by atoms with Crippen molar-refractivity contribution in [2.24, 2.45) is 0 Å². The first kappa shape index (κ1) is 16.7. The van der Waals surface area contributed by atoms with Crippen molar-refractivity contribution in [2.75, 3.05) is 36.4 Å². The predicted molar refractivity (Wildman–Crippen MR) is 107 cm³/mol. The quantitative estimate of drug-likeness (QED) is 0.756. The van der Waals surface area contributed by atoms with Crippen LogP contribution < -0.4 is 15.5 Å². The van der Waals surface area contributed by atoms with Crippen molar-refractivity contribution in [1.29, 1.82) is 0 Å². The number of nitrogens with zero attached hydrogens (tertiary/aromatic N) is 4. The zero-order valence-corrected chi connectivity index (χ0v) is 15.2. The number of piperazine rings is 1. The number of nitrogens with one attached hydrogen (secondary N) is 2. The Kier molecular flexibility index (Phi) is 4.67. The molecule has 2 N–H and O–H groups in total. The van der Waals surface area contributed by atoms with Gasteiger partial charge in [0.2, 0.25) is 0 Å². The van der Waals surface area contributed by atoms with Crippen LogP contribution in [0, 0.1) is 0 Å². The van der Waals surface area contributed by atoms with Gasteiger partial charge >= 0.3 is 0 Å². The summed E-state index contributed by atoms with van der Waals surface area (Å²) in [5, 5.41) is 9.03. The molecule has 1 aliphatic rings. The second kappa shape index (κ2) is 7.25. The molecule has 4 rings (SSSR count). The van der Waals surface area contributed by atoms with E-state index in [1.54, 1.807) is 0 Å². The van der Waals surface area contributed by atoms with Gasteiger partial charge in [-0.05, 0) is 38.1 Å². The Labute approximate surface area is 153 Å². The number of hydrogen-bond donors (Lipinski definition) is 2. The van der Waals surface area contributed by atoms with Gasteiger partial charge in [-0.1, -0.05) is 0 Å². The maximum atomic E-state index is 5.03. The zero-order chi connectivity index (χ0) is 17.9. The molecule has 26 heavy (non-hydrogen) atoms. The van der Waals surface area contributed by atoms with Crippen LogP contribution in [0.4, 0.5) is 11.6 Å². The maximum Gasteiger partial charge on any atom is 0.137 e. The summed E-state index contributed by atoms with van der Waals surface area (Å²) in [6.07, 6.45) is 5.59. The summed E-state index contributed by atoms with van der Waals surface area (Å²) in [4.78, 5) is 16.1. The number of pyridine rings is 3. The minimum absolute atomic E-state index is 0.336. The highest BCUT2D eigenvalue weighted by Gasteiger charge is 2.16. The van der Waals surface area contributed by atoms with E-state index in [9.17, 15) is 0 Å². The van der Waals surface area contributed by atoms with Crippen molar-refractivity contribution in [2.45, 2.75) is 19.9 Å². The van der Waals surface area contributed by atoms with Crippen molar-refractivity contribution in [3.05, 3.63) is 42.9 Å². The second-order valence-electron chi connectivity index (χ2n) is 6.89. The number of aromatic nitrogens is 3. The van der Waals surface area contributed by atoms with E-state index >= 15 is 0 Å². The fraction of sp³-hybridized carbons (Fsp3) is 0.350. The van der Waals surface area contributed by atoms with Crippen LogP contribution >= 0.6 is 0 Å². The van der Waals surface area contributed by atoms with Gasteiger partial charge in [-0.2, -0.15) is 0 Å². The van der Waals surface area contributed by atoms with E-state index in [4.69, 9.17) is 4.98 Å². The van der Waals surface area contributed by atoms with Gasteiger partial charge in [-0.15, -0.1) is 0 Å². The fourth-order valence-electron chi connectivity index (χ4n) is 3.31. The number of anilines is 2. The van der Waals surface area contributed by atoms with Crippen LogP contribution in [0.3, 0.4) is 0 Å². The molecule has 3 aromatic heterocycles. The van der Waals surface area contributed by atoms with Crippen molar-refractivity contribution < 1.29 is 0 Å². The molecular weight excluding hydrogens is 324 g/mol. The van der Waals surface area contributed by atoms with Crippen LogP contribution in [0.25, 0.3) is 22.0 Å². The van der Waals surface area contributed by atoms with Crippen molar-refractivity contribution in [3.63, 3.8) is 0 Å². The minimum atomic E-state index is 0.336. The summed E-state index contributed by atoms with van der Waals surface area (Å²) in [7, 11) is 0. The van der Waals surface area contributed by atoms with Gasteiger partial charge in [-0.3, -0.25) is 4.98 Å². The number of rotatable bonds is 4. The molecular formula is C20H24N6. The summed E-state index contributed by atoms with van der Waals surface area (Å²) < 4.78 is 0. The van der Waals surface area contributed by atoms with Gasteiger partial charge in [0.15, 0.2) is 0 Å². The highest BCUT2D eigenvalue weighted by molar-refractivity contribution is 5.94. The molecule has 1 saturated heterocycles. The third kappa shape index (κ3) is 3.46. The standard InChI is InChI=1S/C20H24N6/c1-14(2)24-19-12-15(3-6-23-19)18-11-16-13-22-5-4-17(16)20(25-18)26-9-7-21-8-10-26/h3-6,11-14,21H,7-10H2,1-2H3,(H,23,24). The lowest BCUT2D eigenvalue weighted by atomic mass is 10.1. The van der Waals surface area contributed by atoms with Gasteiger partial charge in [-0.25, -0.2) is 9.97 Å². The highest BCUT2D eigenvalue weighted by atomic mass is 15.2. The van der Waals surface area contributed by atoms with Gasteiger partial charge in [0.05, 0.1) is 5.69 Å². The molecule has 0 radical (unpaired) electrons. The Morgan fingerprint density at radius 1 is 1.12 bits per heavy atom. The third-order valence-electron chi connectivity index (χ3n) is 4.52. The first-order valence-electron chi connectivity index (χ1n) is 9.14. The Morgan fingerprint density at radius 3 is 2.77 bits per heavy atom. The molecule has 3 aromatic rings. The van der Waals surface area contributed by atoms with E-state index in [0.29, 0.717) is 6.04 Å². The molecule has 0 aromatic carbocycles. The Hall–Kier alpha value is -2.73. The molecule has 4 heterocycles. The molecule has 1 fully saturated rings. The fourth-order valence-corrected chi connectivity index (χ4v) is 3.31. The average molecular weight is 348 g/mol. The highest BCUT2D eigenvalue weighted by Crippen LogP contribution is 2.30. The lowest BCUT2D eigenvalue weighted by Gasteiger charge is -2.29. The first-order chi connectivity index (χ1) is 12.7. The SMILES string of the molecule is CC(C)Nc1cc(-c2cc3cnccc3c(N3CCNCC3)n2)ccn1. The molecule has 0 saturated carbocycles. The lowest BCUT2D eigenvalue weighted by molar-refractivity contribution is 0.586. The topological polar surface area (TPSA) is 66.0 Å². The molecule has 6 heteroatoms. The van der Waals surface area contributed by atoms with Crippen molar-refractivity contribution >= 4 is 22.4 Å². The molecule has 0 atom stereocenters. The van der Waals surface area contributed by atoms with E-state index in [2.05, 4.69) is 57.5 Å². The van der Waals surface area contributed by atoms with Crippen LogP contribution in [-0.4, -0.2) is 47.2 Å². The Bertz CT molecular complexity index is 902. The van der Waals surface area contributed by atoms with Gasteiger partial charge in [0, 0.05) is 67.1 Å². The van der Waals surface area contributed by atoms with Gasteiger partial charge in [0.25, 0.3) is 0 Å². The second-order valence-corrected chi connectivity index (χ2v) is 6.89. The minimum Gasteiger partial charge on any atom is -0.368 e. The molecule has 0 bridgehead atoms.